The van der Waals surface area contributed by atoms with Gasteiger partial charge < -0.3 is 9.80 Å². The number of amides is 1. The maximum atomic E-state index is 13.0. The zero-order chi connectivity index (χ0) is 22.8. The summed E-state index contributed by atoms with van der Waals surface area (Å²) in [6, 6.07) is 11.2. The average Bonchev–Trinajstić information content (AvgIpc) is 3.19. The van der Waals surface area contributed by atoms with Crippen LogP contribution < -0.4 is 5.56 Å². The van der Waals surface area contributed by atoms with Crippen LogP contribution >= 0.6 is 0 Å². The van der Waals surface area contributed by atoms with Crippen LogP contribution in [-0.4, -0.2) is 63.7 Å². The number of likely N-dealkylation sites (tertiary alicyclic amines) is 1. The van der Waals surface area contributed by atoms with Crippen LogP contribution in [0, 0.1) is 18.3 Å². The fraction of sp³-hybridized carbons (Fsp3) is 0.333. The molecule has 3 aromatic rings. The zero-order valence-electron chi connectivity index (χ0n) is 18.5. The third-order valence-electron chi connectivity index (χ3n) is 6.12. The van der Waals surface area contributed by atoms with Crippen molar-refractivity contribution in [1.29, 1.82) is 5.26 Å². The maximum Gasteiger partial charge on any atom is 0.280 e. The van der Waals surface area contributed by atoms with Gasteiger partial charge in [0.05, 0.1) is 22.8 Å². The number of H-pyrrole nitrogens is 1. The summed E-state index contributed by atoms with van der Waals surface area (Å²) in [5, 5.41) is 12.0. The van der Waals surface area contributed by atoms with Crippen molar-refractivity contribution >= 4 is 5.91 Å². The lowest BCUT2D eigenvalue weighted by Gasteiger charge is -2.35. The molecule has 0 saturated carbocycles. The highest BCUT2D eigenvalue weighted by Crippen LogP contribution is 2.22. The number of pyridine rings is 1. The number of piperidine rings is 1. The molecule has 3 heterocycles. The molecule has 2 aromatic heterocycles. The molecule has 1 aliphatic rings. The molecule has 4 rings (SSSR count). The minimum Gasteiger partial charge on any atom is -0.338 e. The van der Waals surface area contributed by atoms with E-state index in [1.807, 2.05) is 11.8 Å². The second-order valence-corrected chi connectivity index (χ2v) is 8.36. The summed E-state index contributed by atoms with van der Waals surface area (Å²) >= 11 is 0. The minimum atomic E-state index is -0.241. The fourth-order valence-corrected chi connectivity index (χ4v) is 4.18. The number of nitrogens with one attached hydrogen (secondary N) is 1. The Morgan fingerprint density at radius 2 is 1.94 bits per heavy atom. The molecule has 1 fully saturated rings. The summed E-state index contributed by atoms with van der Waals surface area (Å²) in [6.07, 6.45) is 5.07. The summed E-state index contributed by atoms with van der Waals surface area (Å²) in [5.74, 6) is 0.379. The lowest BCUT2D eigenvalue weighted by Crippen LogP contribution is -2.44. The minimum absolute atomic E-state index is 0.0333. The Bertz CT molecular complexity index is 1220. The Morgan fingerprint density at radius 3 is 2.53 bits per heavy atom. The van der Waals surface area contributed by atoms with Crippen LogP contribution in [-0.2, 0) is 0 Å². The predicted molar refractivity (Wildman–Crippen MR) is 122 cm³/mol. The molecule has 0 unspecified atom stereocenters. The number of hydrogen-bond acceptors (Lipinski definition) is 5. The van der Waals surface area contributed by atoms with E-state index in [4.69, 9.17) is 5.26 Å². The Morgan fingerprint density at radius 1 is 1.19 bits per heavy atom. The first-order valence-electron chi connectivity index (χ1n) is 10.6. The zero-order valence-corrected chi connectivity index (χ0v) is 18.5. The predicted octanol–water partition coefficient (Wildman–Crippen LogP) is 2.57. The smallest absolute Gasteiger partial charge is 0.280 e. The number of nitriles is 1. The highest BCUT2D eigenvalue weighted by atomic mass is 16.2. The summed E-state index contributed by atoms with van der Waals surface area (Å²) in [7, 11) is 4.14. The molecule has 0 atom stereocenters. The molecule has 1 saturated heterocycles. The van der Waals surface area contributed by atoms with Gasteiger partial charge in [-0.2, -0.15) is 5.26 Å². The second kappa shape index (κ2) is 8.81. The van der Waals surface area contributed by atoms with Gasteiger partial charge in [0.15, 0.2) is 5.82 Å². The molecule has 0 radical (unpaired) electrons. The Hall–Kier alpha value is -3.70. The third kappa shape index (κ3) is 4.07. The van der Waals surface area contributed by atoms with Crippen molar-refractivity contribution in [3.05, 3.63) is 69.8 Å². The number of hydrogen-bond donors (Lipinski definition) is 1. The molecule has 1 aromatic carbocycles. The van der Waals surface area contributed by atoms with Gasteiger partial charge >= 0.3 is 0 Å². The number of benzene rings is 1. The van der Waals surface area contributed by atoms with Crippen molar-refractivity contribution in [3.63, 3.8) is 0 Å². The summed E-state index contributed by atoms with van der Waals surface area (Å²) in [6.45, 7) is 3.33. The average molecular weight is 431 g/mol. The van der Waals surface area contributed by atoms with Crippen molar-refractivity contribution in [2.24, 2.45) is 0 Å². The van der Waals surface area contributed by atoms with Crippen LogP contribution in [0.5, 0.6) is 0 Å². The van der Waals surface area contributed by atoms with Crippen molar-refractivity contribution in [3.8, 4) is 23.0 Å². The Balaban J connectivity index is 1.52. The number of aryl methyl sites for hydroxylation is 1. The van der Waals surface area contributed by atoms with Gasteiger partial charge in [0.1, 0.15) is 0 Å². The molecule has 32 heavy (non-hydrogen) atoms. The normalized spacial score (nSPS) is 14.5. The van der Waals surface area contributed by atoms with Crippen molar-refractivity contribution < 1.29 is 4.79 Å². The molecule has 1 N–H and O–H groups in total. The highest BCUT2D eigenvalue weighted by molar-refractivity contribution is 5.94. The van der Waals surface area contributed by atoms with E-state index in [1.165, 1.54) is 10.9 Å². The van der Waals surface area contributed by atoms with E-state index in [0.29, 0.717) is 28.6 Å². The van der Waals surface area contributed by atoms with E-state index in [9.17, 15) is 9.59 Å². The molecule has 164 valence electrons. The van der Waals surface area contributed by atoms with Gasteiger partial charge in [-0.25, -0.2) is 9.67 Å². The quantitative estimate of drug-likeness (QED) is 0.686. The SMILES string of the molecule is Cc1cc(C#N)ccc1-c1c[nH]n(-c2ccc(C(=O)N3CCC(N(C)C)CC3)cn2)c1=O. The first-order chi connectivity index (χ1) is 15.4. The van der Waals surface area contributed by atoms with E-state index >= 15 is 0 Å². The van der Waals surface area contributed by atoms with E-state index < -0.39 is 0 Å². The Labute approximate surface area is 186 Å². The van der Waals surface area contributed by atoms with Crippen LogP contribution in [0.15, 0.2) is 47.5 Å². The van der Waals surface area contributed by atoms with Gasteiger partial charge in [0.25, 0.3) is 11.5 Å². The van der Waals surface area contributed by atoms with Crippen LogP contribution in [0.1, 0.15) is 34.3 Å². The molecule has 1 aliphatic heterocycles. The fourth-order valence-electron chi connectivity index (χ4n) is 4.18. The topological polar surface area (TPSA) is 98.0 Å². The first kappa shape index (κ1) is 21.5. The lowest BCUT2D eigenvalue weighted by molar-refractivity contribution is 0.0663. The van der Waals surface area contributed by atoms with Crippen molar-refractivity contribution in [2.45, 2.75) is 25.8 Å². The Kier molecular flexibility index (Phi) is 5.93. The number of nitrogens with zero attached hydrogens (tertiary/aromatic N) is 5. The highest BCUT2D eigenvalue weighted by Gasteiger charge is 2.25. The van der Waals surface area contributed by atoms with Crippen LogP contribution in [0.25, 0.3) is 16.9 Å². The van der Waals surface area contributed by atoms with Crippen LogP contribution in [0.4, 0.5) is 0 Å². The number of carbonyl (C=O) groups is 1. The number of rotatable bonds is 4. The molecule has 8 nitrogen and oxygen atoms in total. The second-order valence-electron chi connectivity index (χ2n) is 8.36. The molecule has 0 bridgehead atoms. The van der Waals surface area contributed by atoms with Gasteiger partial charge in [-0.15, -0.1) is 0 Å². The molecular formula is C24H26N6O2. The molecule has 1 amide bonds. The number of aromatic nitrogens is 3. The van der Waals surface area contributed by atoms with E-state index in [0.717, 1.165) is 37.1 Å². The van der Waals surface area contributed by atoms with E-state index in [1.54, 1.807) is 36.5 Å². The summed E-state index contributed by atoms with van der Waals surface area (Å²) in [5.41, 5.74) is 2.93. The van der Waals surface area contributed by atoms with Gasteiger partial charge in [-0.1, -0.05) is 6.07 Å². The largest absolute Gasteiger partial charge is 0.338 e. The van der Waals surface area contributed by atoms with Crippen molar-refractivity contribution in [2.75, 3.05) is 27.2 Å². The molecule has 0 spiro atoms. The lowest BCUT2D eigenvalue weighted by atomic mass is 10.0. The molecular weight excluding hydrogens is 404 g/mol. The molecule has 0 aliphatic carbocycles. The van der Waals surface area contributed by atoms with Crippen molar-refractivity contribution in [1.82, 2.24) is 24.6 Å². The van der Waals surface area contributed by atoms with Crippen LogP contribution in [0.3, 0.4) is 0 Å². The monoisotopic (exact) mass is 430 g/mol. The third-order valence-corrected chi connectivity index (χ3v) is 6.12. The number of carbonyl (C=O) groups excluding carboxylic acids is 1. The summed E-state index contributed by atoms with van der Waals surface area (Å²) < 4.78 is 1.35. The summed E-state index contributed by atoms with van der Waals surface area (Å²) in [4.78, 5) is 34.3. The molecule has 8 heteroatoms. The van der Waals surface area contributed by atoms with E-state index in [2.05, 4.69) is 35.1 Å². The van der Waals surface area contributed by atoms with Gasteiger partial charge in [0, 0.05) is 31.5 Å². The number of aromatic amines is 1. The van der Waals surface area contributed by atoms with E-state index in [-0.39, 0.29) is 11.5 Å². The first-order valence-corrected chi connectivity index (χ1v) is 10.6. The van der Waals surface area contributed by atoms with Gasteiger partial charge in [-0.05, 0) is 69.3 Å². The maximum absolute atomic E-state index is 13.0. The standard InChI is InChI=1S/C24H26N6O2/c1-16-12-17(13-25)4-6-20(16)21-15-27-30(24(21)32)22-7-5-18(14-26-22)23(31)29-10-8-19(9-11-29)28(2)3/h4-7,12,14-15,19,27H,8-11H2,1-3H3. The van der Waals surface area contributed by atoms with Gasteiger partial charge in [-0.3, -0.25) is 14.7 Å². The van der Waals surface area contributed by atoms with Gasteiger partial charge in [0.2, 0.25) is 0 Å². The van der Waals surface area contributed by atoms with Crippen LogP contribution in [0.2, 0.25) is 0 Å².